The summed E-state index contributed by atoms with van der Waals surface area (Å²) in [5.41, 5.74) is 1.96. The Morgan fingerprint density at radius 1 is 1.32 bits per heavy atom. The van der Waals surface area contributed by atoms with Gasteiger partial charge in [-0.1, -0.05) is 0 Å². The van der Waals surface area contributed by atoms with Crippen LogP contribution in [0.15, 0.2) is 16.7 Å². The van der Waals surface area contributed by atoms with E-state index < -0.39 is 0 Å². The van der Waals surface area contributed by atoms with Crippen molar-refractivity contribution >= 4 is 38.7 Å². The van der Waals surface area contributed by atoms with Crippen molar-refractivity contribution in [3.63, 3.8) is 0 Å². The minimum Gasteiger partial charge on any atom is -0.308 e. The van der Waals surface area contributed by atoms with Crippen LogP contribution in [0.5, 0.6) is 0 Å². The fraction of sp³-hybridized carbons (Fsp3) is 0.571. The first-order valence-electron chi connectivity index (χ1n) is 6.86. The number of fused-ring (bicyclic) bond motifs is 1. The highest BCUT2D eigenvalue weighted by molar-refractivity contribution is 9.10. The molecule has 2 aromatic rings. The first kappa shape index (κ1) is 12.2. The largest absolute Gasteiger partial charge is 0.308 e. The van der Waals surface area contributed by atoms with E-state index in [0.717, 1.165) is 33.3 Å². The van der Waals surface area contributed by atoms with Crippen LogP contribution in [-0.4, -0.2) is 14.5 Å². The molecule has 0 spiro atoms. The van der Waals surface area contributed by atoms with Crippen LogP contribution < -0.4 is 0 Å². The smallest absolute Gasteiger partial charge is 0.160 e. The molecule has 0 N–H and O–H groups in total. The lowest BCUT2D eigenvalue weighted by atomic mass is 10.1. The normalized spacial score (nSPS) is 19.5. The Labute approximate surface area is 125 Å². The van der Waals surface area contributed by atoms with Crippen molar-refractivity contribution in [2.45, 2.75) is 37.6 Å². The molecule has 0 aliphatic heterocycles. The Morgan fingerprint density at radius 2 is 2.00 bits per heavy atom. The van der Waals surface area contributed by atoms with Crippen molar-refractivity contribution in [3.05, 3.63) is 22.6 Å². The van der Waals surface area contributed by atoms with Crippen LogP contribution in [0.25, 0.3) is 11.2 Å². The molecule has 2 aliphatic carbocycles. The maximum absolute atomic E-state index is 6.11. The van der Waals surface area contributed by atoms with E-state index in [1.165, 1.54) is 25.7 Å². The maximum atomic E-state index is 6.11. The van der Waals surface area contributed by atoms with Gasteiger partial charge in [0, 0.05) is 16.7 Å². The van der Waals surface area contributed by atoms with Crippen LogP contribution in [0.4, 0.5) is 0 Å². The third kappa shape index (κ3) is 2.09. The van der Waals surface area contributed by atoms with E-state index in [2.05, 4.69) is 30.5 Å². The summed E-state index contributed by atoms with van der Waals surface area (Å²) in [4.78, 5) is 9.26. The lowest BCUT2D eigenvalue weighted by molar-refractivity contribution is 0.394. The molecular weight excluding hydrogens is 326 g/mol. The molecule has 100 valence electrons. The topological polar surface area (TPSA) is 30.7 Å². The zero-order valence-corrected chi connectivity index (χ0v) is 12.9. The molecule has 0 aromatic carbocycles. The Hall–Kier alpha value is -0.610. The van der Waals surface area contributed by atoms with Gasteiger partial charge in [-0.25, -0.2) is 9.97 Å². The van der Waals surface area contributed by atoms with E-state index in [1.54, 1.807) is 0 Å². The third-order valence-electron chi connectivity index (χ3n) is 4.20. The fourth-order valence-corrected chi connectivity index (χ4v) is 3.60. The maximum Gasteiger partial charge on any atom is 0.160 e. The second-order valence-corrected chi connectivity index (χ2v) is 6.88. The number of rotatable bonds is 4. The first-order valence-corrected chi connectivity index (χ1v) is 8.19. The number of aromatic nitrogens is 3. The molecule has 0 unspecified atom stereocenters. The van der Waals surface area contributed by atoms with Gasteiger partial charge in [0.1, 0.15) is 11.3 Å². The quantitative estimate of drug-likeness (QED) is 0.777. The molecule has 4 rings (SSSR count). The second-order valence-electron chi connectivity index (χ2n) is 5.69. The van der Waals surface area contributed by atoms with Crippen molar-refractivity contribution in [1.29, 1.82) is 0 Å². The second kappa shape index (κ2) is 4.45. The highest BCUT2D eigenvalue weighted by Crippen LogP contribution is 2.53. The zero-order chi connectivity index (χ0) is 13.0. The molecule has 5 heteroatoms. The fourth-order valence-electron chi connectivity index (χ4n) is 3.09. The molecule has 0 bridgehead atoms. The molecule has 2 saturated carbocycles. The summed E-state index contributed by atoms with van der Waals surface area (Å²) in [5, 5.41) is 0. The zero-order valence-electron chi connectivity index (χ0n) is 10.5. The van der Waals surface area contributed by atoms with E-state index in [0.29, 0.717) is 11.9 Å². The van der Waals surface area contributed by atoms with Crippen molar-refractivity contribution in [1.82, 2.24) is 14.5 Å². The van der Waals surface area contributed by atoms with Gasteiger partial charge in [-0.2, -0.15) is 0 Å². The van der Waals surface area contributed by atoms with Crippen molar-refractivity contribution < 1.29 is 0 Å². The summed E-state index contributed by atoms with van der Waals surface area (Å²) >= 11 is 9.58. The Kier molecular flexibility index (Phi) is 2.85. The van der Waals surface area contributed by atoms with Gasteiger partial charge in [0.15, 0.2) is 5.65 Å². The average Bonchev–Trinajstić information content (AvgIpc) is 3.28. The molecule has 19 heavy (non-hydrogen) atoms. The van der Waals surface area contributed by atoms with Gasteiger partial charge < -0.3 is 4.57 Å². The van der Waals surface area contributed by atoms with Crippen molar-refractivity contribution in [2.75, 3.05) is 0 Å². The Morgan fingerprint density at radius 3 is 2.58 bits per heavy atom. The van der Waals surface area contributed by atoms with E-state index in [-0.39, 0.29) is 0 Å². The van der Waals surface area contributed by atoms with E-state index in [1.807, 2.05) is 12.3 Å². The summed E-state index contributed by atoms with van der Waals surface area (Å²) in [7, 11) is 0. The SMILES string of the molecule is ClCc1nc2cc(Br)cnc2n1C(C1CC1)C1CC1. The Bertz CT molecular complexity index is 619. The van der Waals surface area contributed by atoms with Crippen LogP contribution in [-0.2, 0) is 5.88 Å². The summed E-state index contributed by atoms with van der Waals surface area (Å²) in [6.45, 7) is 0. The minimum absolute atomic E-state index is 0.462. The predicted octanol–water partition coefficient (Wildman–Crippen LogP) is 4.29. The summed E-state index contributed by atoms with van der Waals surface area (Å²) in [6.07, 6.45) is 7.24. The van der Waals surface area contributed by atoms with Crippen LogP contribution in [0, 0.1) is 11.8 Å². The molecule has 3 nitrogen and oxygen atoms in total. The van der Waals surface area contributed by atoms with Gasteiger partial charge in [-0.3, -0.25) is 0 Å². The molecule has 0 amide bonds. The number of alkyl halides is 1. The predicted molar refractivity (Wildman–Crippen MR) is 79.3 cm³/mol. The molecule has 2 aromatic heterocycles. The van der Waals surface area contributed by atoms with Crippen molar-refractivity contribution in [2.24, 2.45) is 11.8 Å². The van der Waals surface area contributed by atoms with Gasteiger partial charge in [0.05, 0.1) is 5.88 Å². The summed E-state index contributed by atoms with van der Waals surface area (Å²) in [5.74, 6) is 3.07. The van der Waals surface area contributed by atoms with E-state index in [4.69, 9.17) is 11.6 Å². The van der Waals surface area contributed by atoms with E-state index >= 15 is 0 Å². The molecular formula is C14H15BrClN3. The number of hydrogen-bond acceptors (Lipinski definition) is 2. The highest BCUT2D eigenvalue weighted by atomic mass is 79.9. The van der Waals surface area contributed by atoms with E-state index in [9.17, 15) is 0 Å². The monoisotopic (exact) mass is 339 g/mol. The third-order valence-corrected chi connectivity index (χ3v) is 4.87. The van der Waals surface area contributed by atoms with Crippen molar-refractivity contribution in [3.8, 4) is 0 Å². The van der Waals surface area contributed by atoms with Gasteiger partial charge in [0.2, 0.25) is 0 Å². The van der Waals surface area contributed by atoms with Crippen LogP contribution in [0.3, 0.4) is 0 Å². The molecule has 2 heterocycles. The highest BCUT2D eigenvalue weighted by Gasteiger charge is 2.44. The molecule has 0 atom stereocenters. The standard InChI is InChI=1S/C14H15BrClN3/c15-10-5-11-14(17-7-10)19(12(6-16)18-11)13(8-1-2-8)9-3-4-9/h5,7-9,13H,1-4,6H2. The summed E-state index contributed by atoms with van der Waals surface area (Å²) < 4.78 is 3.31. The average molecular weight is 341 g/mol. The number of imidazole rings is 1. The lowest BCUT2D eigenvalue weighted by Gasteiger charge is -2.20. The minimum atomic E-state index is 0.462. The Balaban J connectivity index is 1.90. The van der Waals surface area contributed by atoms with Gasteiger partial charge in [0.25, 0.3) is 0 Å². The molecule has 0 saturated heterocycles. The van der Waals surface area contributed by atoms with Crippen LogP contribution in [0.1, 0.15) is 37.5 Å². The number of nitrogens with zero attached hydrogens (tertiary/aromatic N) is 3. The van der Waals surface area contributed by atoms with Crippen LogP contribution >= 0.6 is 27.5 Å². The summed E-state index contributed by atoms with van der Waals surface area (Å²) in [6, 6.07) is 2.61. The molecule has 2 fully saturated rings. The van der Waals surface area contributed by atoms with Gasteiger partial charge in [-0.05, 0) is 59.5 Å². The molecule has 2 aliphatic rings. The van der Waals surface area contributed by atoms with Gasteiger partial charge >= 0.3 is 0 Å². The van der Waals surface area contributed by atoms with Gasteiger partial charge in [-0.15, -0.1) is 11.6 Å². The number of halogens is 2. The number of pyridine rings is 1. The first-order chi connectivity index (χ1) is 9.28. The molecule has 0 radical (unpaired) electrons. The van der Waals surface area contributed by atoms with Crippen LogP contribution in [0.2, 0.25) is 0 Å². The lowest BCUT2D eigenvalue weighted by Crippen LogP contribution is -2.16. The number of hydrogen-bond donors (Lipinski definition) is 0.